The van der Waals surface area contributed by atoms with Crippen LogP contribution in [0.25, 0.3) is 0 Å². The number of nitrogens with one attached hydrogen (secondary N) is 1. The van der Waals surface area contributed by atoms with Gasteiger partial charge in [-0.3, -0.25) is 0 Å². The maximum Gasteiger partial charge on any atom is 0.194 e. The fraction of sp³-hybridized carbons (Fsp3) is 0.824. The summed E-state index contributed by atoms with van der Waals surface area (Å²) in [5.41, 5.74) is 0. The van der Waals surface area contributed by atoms with Crippen LogP contribution in [0.1, 0.15) is 39.0 Å². The first-order valence-corrected chi connectivity index (χ1v) is 8.70. The molecule has 2 aliphatic rings. The van der Waals surface area contributed by atoms with E-state index in [1.807, 2.05) is 6.08 Å². The zero-order chi connectivity index (χ0) is 15.6. The van der Waals surface area contributed by atoms with Gasteiger partial charge in [0.2, 0.25) is 0 Å². The Morgan fingerprint density at radius 1 is 1.35 bits per heavy atom. The highest BCUT2D eigenvalue weighted by Gasteiger charge is 2.23. The quantitative estimate of drug-likeness (QED) is 0.301. The Bertz CT molecular complexity index is 352. The molecule has 0 radical (unpaired) electrons. The van der Waals surface area contributed by atoms with E-state index in [9.17, 15) is 0 Å². The Labute approximate surface area is 157 Å². The molecule has 0 aliphatic carbocycles. The molecular weight excluding hydrogens is 405 g/mol. The van der Waals surface area contributed by atoms with E-state index in [1.165, 1.54) is 12.8 Å². The number of ether oxygens (including phenoxy) is 2. The third-order valence-electron chi connectivity index (χ3n) is 4.24. The van der Waals surface area contributed by atoms with Crippen molar-refractivity contribution in [1.82, 2.24) is 10.2 Å². The summed E-state index contributed by atoms with van der Waals surface area (Å²) < 4.78 is 11.8. The van der Waals surface area contributed by atoms with E-state index < -0.39 is 0 Å². The highest BCUT2D eigenvalue weighted by Crippen LogP contribution is 2.17. The molecule has 6 heteroatoms. The molecule has 2 saturated heterocycles. The van der Waals surface area contributed by atoms with Crippen molar-refractivity contribution < 1.29 is 9.47 Å². The van der Waals surface area contributed by atoms with Crippen molar-refractivity contribution in [2.75, 3.05) is 39.4 Å². The molecule has 0 aromatic carbocycles. The van der Waals surface area contributed by atoms with Crippen LogP contribution >= 0.6 is 24.0 Å². The van der Waals surface area contributed by atoms with Gasteiger partial charge in [0.1, 0.15) is 0 Å². The zero-order valence-corrected chi connectivity index (χ0v) is 16.7. The summed E-state index contributed by atoms with van der Waals surface area (Å²) in [4.78, 5) is 6.88. The molecule has 2 heterocycles. The largest absolute Gasteiger partial charge is 0.376 e. The predicted molar refractivity (Wildman–Crippen MR) is 106 cm³/mol. The molecule has 2 rings (SSSR count). The lowest BCUT2D eigenvalue weighted by Gasteiger charge is -2.35. The van der Waals surface area contributed by atoms with Gasteiger partial charge in [0, 0.05) is 26.2 Å². The summed E-state index contributed by atoms with van der Waals surface area (Å²) in [6, 6.07) is 0. The van der Waals surface area contributed by atoms with Crippen LogP contribution < -0.4 is 5.32 Å². The smallest absolute Gasteiger partial charge is 0.194 e. The summed E-state index contributed by atoms with van der Waals surface area (Å²) in [6.07, 6.45) is 8.26. The number of likely N-dealkylation sites (tertiary alicyclic amines) is 1. The van der Waals surface area contributed by atoms with Crippen LogP contribution in [-0.4, -0.2) is 62.5 Å². The minimum atomic E-state index is 0. The lowest BCUT2D eigenvalue weighted by molar-refractivity contribution is -0.0721. The number of nitrogens with zero attached hydrogens (tertiary/aromatic N) is 2. The van der Waals surface area contributed by atoms with E-state index in [4.69, 9.17) is 9.47 Å². The first kappa shape index (κ1) is 20.7. The molecule has 0 bridgehead atoms. The van der Waals surface area contributed by atoms with Gasteiger partial charge in [-0.05, 0) is 39.0 Å². The van der Waals surface area contributed by atoms with Crippen LogP contribution in [0.5, 0.6) is 0 Å². The zero-order valence-electron chi connectivity index (χ0n) is 14.3. The molecule has 0 aromatic rings. The number of hydrogen-bond acceptors (Lipinski definition) is 3. The summed E-state index contributed by atoms with van der Waals surface area (Å²) >= 11 is 0. The normalized spacial score (nSPS) is 23.3. The van der Waals surface area contributed by atoms with E-state index >= 15 is 0 Å². The first-order valence-electron chi connectivity index (χ1n) is 8.70. The molecule has 1 atom stereocenters. The summed E-state index contributed by atoms with van der Waals surface area (Å²) in [5, 5.41) is 3.35. The third kappa shape index (κ3) is 7.39. The van der Waals surface area contributed by atoms with Gasteiger partial charge in [0.25, 0.3) is 0 Å². The van der Waals surface area contributed by atoms with E-state index in [1.54, 1.807) is 0 Å². The number of aliphatic imine (C=N–C) groups is 1. The molecule has 5 nitrogen and oxygen atoms in total. The summed E-state index contributed by atoms with van der Waals surface area (Å²) in [7, 11) is 0. The Balaban J connectivity index is 0.00000264. The molecule has 2 fully saturated rings. The Kier molecular flexibility index (Phi) is 10.9. The monoisotopic (exact) mass is 437 g/mol. The van der Waals surface area contributed by atoms with E-state index in [2.05, 4.69) is 28.7 Å². The van der Waals surface area contributed by atoms with Gasteiger partial charge in [-0.25, -0.2) is 4.99 Å². The van der Waals surface area contributed by atoms with Crippen molar-refractivity contribution in [3.63, 3.8) is 0 Å². The minimum Gasteiger partial charge on any atom is -0.376 e. The lowest BCUT2D eigenvalue weighted by Crippen LogP contribution is -2.47. The standard InChI is InChI=1S/C17H31N3O2.HI/c1-3-10-19-17(18-4-2)20-11-8-15(9-12-20)22-14-16-7-5-6-13-21-16;/h3,15-16H,1,4-14H2,2H3,(H,18,19);1H. The van der Waals surface area contributed by atoms with E-state index in [-0.39, 0.29) is 24.0 Å². The second-order valence-electron chi connectivity index (χ2n) is 5.99. The summed E-state index contributed by atoms with van der Waals surface area (Å²) in [6.45, 7) is 11.1. The fourth-order valence-electron chi connectivity index (χ4n) is 2.99. The average molecular weight is 437 g/mol. The van der Waals surface area contributed by atoms with Crippen LogP contribution in [0.3, 0.4) is 0 Å². The van der Waals surface area contributed by atoms with Crippen molar-refractivity contribution in [3.8, 4) is 0 Å². The summed E-state index contributed by atoms with van der Waals surface area (Å²) in [5.74, 6) is 0.997. The molecule has 1 unspecified atom stereocenters. The molecule has 0 amide bonds. The van der Waals surface area contributed by atoms with E-state index in [0.717, 1.165) is 58.1 Å². The van der Waals surface area contributed by atoms with Gasteiger partial charge >= 0.3 is 0 Å². The number of rotatable bonds is 6. The molecule has 2 aliphatic heterocycles. The lowest BCUT2D eigenvalue weighted by atomic mass is 10.1. The molecule has 0 saturated carbocycles. The van der Waals surface area contributed by atoms with Gasteiger partial charge in [0.15, 0.2) is 5.96 Å². The van der Waals surface area contributed by atoms with Crippen LogP contribution in [0.2, 0.25) is 0 Å². The van der Waals surface area contributed by atoms with Gasteiger partial charge in [-0.15, -0.1) is 30.6 Å². The molecule has 23 heavy (non-hydrogen) atoms. The number of hydrogen-bond donors (Lipinski definition) is 1. The van der Waals surface area contributed by atoms with Crippen molar-refractivity contribution in [2.24, 2.45) is 4.99 Å². The van der Waals surface area contributed by atoms with Crippen LogP contribution in [-0.2, 0) is 9.47 Å². The first-order chi connectivity index (χ1) is 10.8. The molecule has 1 N–H and O–H groups in total. The van der Waals surface area contributed by atoms with Gasteiger partial charge < -0.3 is 19.7 Å². The highest BCUT2D eigenvalue weighted by molar-refractivity contribution is 14.0. The molecular formula is C17H32IN3O2. The number of guanidine groups is 1. The SMILES string of the molecule is C=CCN=C(NCC)N1CCC(OCC2CCCCO2)CC1.I. The van der Waals surface area contributed by atoms with Crippen molar-refractivity contribution in [1.29, 1.82) is 0 Å². The minimum absolute atomic E-state index is 0. The van der Waals surface area contributed by atoms with Crippen molar-refractivity contribution >= 4 is 29.9 Å². The topological polar surface area (TPSA) is 46.1 Å². The number of piperidine rings is 1. The highest BCUT2D eigenvalue weighted by atomic mass is 127. The Morgan fingerprint density at radius 2 is 2.13 bits per heavy atom. The van der Waals surface area contributed by atoms with Gasteiger partial charge in [0.05, 0.1) is 25.4 Å². The third-order valence-corrected chi connectivity index (χ3v) is 4.24. The van der Waals surface area contributed by atoms with Gasteiger partial charge in [-0.2, -0.15) is 0 Å². The van der Waals surface area contributed by atoms with Crippen molar-refractivity contribution in [3.05, 3.63) is 12.7 Å². The average Bonchev–Trinajstić information content (AvgIpc) is 2.58. The van der Waals surface area contributed by atoms with E-state index in [0.29, 0.717) is 18.8 Å². The van der Waals surface area contributed by atoms with Crippen LogP contribution in [0.4, 0.5) is 0 Å². The Morgan fingerprint density at radius 3 is 2.74 bits per heavy atom. The fourth-order valence-corrected chi connectivity index (χ4v) is 2.99. The molecule has 0 spiro atoms. The molecule has 134 valence electrons. The molecule has 0 aromatic heterocycles. The second-order valence-corrected chi connectivity index (χ2v) is 5.99. The predicted octanol–water partition coefficient (Wildman–Crippen LogP) is 2.81. The Hall–Kier alpha value is -0.340. The number of halogens is 1. The van der Waals surface area contributed by atoms with Crippen molar-refractivity contribution in [2.45, 2.75) is 51.2 Å². The van der Waals surface area contributed by atoms with Crippen LogP contribution in [0, 0.1) is 0 Å². The maximum atomic E-state index is 6.06. The van der Waals surface area contributed by atoms with Gasteiger partial charge in [-0.1, -0.05) is 6.08 Å². The maximum absolute atomic E-state index is 6.06. The second kappa shape index (κ2) is 12.1. The van der Waals surface area contributed by atoms with Crippen LogP contribution in [0.15, 0.2) is 17.6 Å².